The maximum atomic E-state index is 13.9. The number of benzene rings is 3. The minimum absolute atomic E-state index is 0.186. The Kier molecular flexibility index (Phi) is 7.37. The normalized spacial score (nSPS) is 14.0. The van der Waals surface area contributed by atoms with Crippen LogP contribution in [0.15, 0.2) is 71.6 Å². The molecule has 4 rings (SSSR count). The maximum Gasteiger partial charge on any atom is 0.261 e. The first-order chi connectivity index (χ1) is 16.7. The Balaban J connectivity index is 1.50. The number of nitrogens with zero attached hydrogens (tertiary/aromatic N) is 2. The lowest BCUT2D eigenvalue weighted by Gasteiger charge is -2.31. The highest BCUT2D eigenvalue weighted by molar-refractivity contribution is 7.92. The van der Waals surface area contributed by atoms with E-state index in [1.54, 1.807) is 37.1 Å². The fraction of sp³-hybridized carbons (Fsp3) is 0.269. The van der Waals surface area contributed by atoms with Gasteiger partial charge in [-0.1, -0.05) is 30.3 Å². The minimum Gasteiger partial charge on any atom is -0.378 e. The second-order valence-corrected chi connectivity index (χ2v) is 10.2. The molecular weight excluding hydrogens is 469 g/mol. The Hall–Kier alpha value is -3.43. The highest BCUT2D eigenvalue weighted by atomic mass is 32.2. The summed E-state index contributed by atoms with van der Waals surface area (Å²) in [6.45, 7) is 4.88. The molecule has 1 fully saturated rings. The molecule has 0 aromatic heterocycles. The van der Waals surface area contributed by atoms with Gasteiger partial charge in [-0.15, -0.1) is 0 Å². The van der Waals surface area contributed by atoms with Crippen molar-refractivity contribution in [2.45, 2.75) is 18.4 Å². The van der Waals surface area contributed by atoms with Crippen LogP contribution in [0.1, 0.15) is 21.5 Å². The molecule has 1 heterocycles. The molecule has 0 saturated carbocycles. The number of nitrogens with one attached hydrogen (secondary N) is 1. The van der Waals surface area contributed by atoms with Gasteiger partial charge in [-0.25, -0.2) is 12.8 Å². The Morgan fingerprint density at radius 1 is 1.06 bits per heavy atom. The number of rotatable bonds is 7. The number of sulfonamides is 1. The van der Waals surface area contributed by atoms with E-state index in [1.807, 2.05) is 24.3 Å². The standard InChI is InChI=1S/C26H28FN3O4S/c1-19-10-11-23(17-24(19)27)35(32,33)28-22-8-5-7-20(16-22)26(31)29(2)18-21-6-3-4-9-25(21)30-12-14-34-15-13-30/h3-11,16-17,28H,12-15,18H2,1-2H3. The van der Waals surface area contributed by atoms with Gasteiger partial charge in [0.15, 0.2) is 0 Å². The van der Waals surface area contributed by atoms with Gasteiger partial charge < -0.3 is 14.5 Å². The first-order valence-electron chi connectivity index (χ1n) is 11.3. The largest absolute Gasteiger partial charge is 0.378 e. The van der Waals surface area contributed by atoms with Crippen LogP contribution in [-0.4, -0.2) is 52.6 Å². The monoisotopic (exact) mass is 497 g/mol. The fourth-order valence-corrected chi connectivity index (χ4v) is 5.04. The van der Waals surface area contributed by atoms with Gasteiger partial charge in [-0.2, -0.15) is 0 Å². The first-order valence-corrected chi connectivity index (χ1v) is 12.8. The van der Waals surface area contributed by atoms with E-state index in [0.29, 0.717) is 30.9 Å². The number of aryl methyl sites for hydroxylation is 1. The van der Waals surface area contributed by atoms with Crippen LogP contribution in [0.2, 0.25) is 0 Å². The molecule has 0 aliphatic carbocycles. The summed E-state index contributed by atoms with van der Waals surface area (Å²) >= 11 is 0. The molecule has 0 bridgehead atoms. The molecule has 1 saturated heterocycles. The van der Waals surface area contributed by atoms with Gasteiger partial charge in [0.25, 0.3) is 15.9 Å². The van der Waals surface area contributed by atoms with Crippen molar-refractivity contribution in [3.63, 3.8) is 0 Å². The highest BCUT2D eigenvalue weighted by Crippen LogP contribution is 2.24. The van der Waals surface area contributed by atoms with Crippen LogP contribution in [0.3, 0.4) is 0 Å². The molecule has 9 heteroatoms. The molecule has 1 aliphatic rings. The summed E-state index contributed by atoms with van der Waals surface area (Å²) in [6, 6.07) is 18.0. The van der Waals surface area contributed by atoms with Crippen molar-refractivity contribution < 1.29 is 22.3 Å². The van der Waals surface area contributed by atoms with Crippen molar-refractivity contribution in [2.24, 2.45) is 0 Å². The summed E-state index contributed by atoms with van der Waals surface area (Å²) in [7, 11) is -2.30. The number of anilines is 2. The Morgan fingerprint density at radius 2 is 1.80 bits per heavy atom. The average Bonchev–Trinajstić information content (AvgIpc) is 2.86. The molecule has 3 aromatic rings. The molecule has 3 aromatic carbocycles. The molecule has 0 unspecified atom stereocenters. The number of amides is 1. The SMILES string of the molecule is Cc1ccc(S(=O)(=O)Nc2cccc(C(=O)N(C)Cc3ccccc3N3CCOCC3)c2)cc1F. The summed E-state index contributed by atoms with van der Waals surface area (Å²) in [4.78, 5) is 16.8. The van der Waals surface area contributed by atoms with Gasteiger partial charge in [-0.3, -0.25) is 9.52 Å². The molecular formula is C26H28FN3O4S. The summed E-state index contributed by atoms with van der Waals surface area (Å²) in [5.74, 6) is -0.847. The Morgan fingerprint density at radius 3 is 2.54 bits per heavy atom. The van der Waals surface area contributed by atoms with Crippen molar-refractivity contribution in [3.05, 3.63) is 89.2 Å². The second-order valence-electron chi connectivity index (χ2n) is 8.49. The van der Waals surface area contributed by atoms with E-state index in [0.717, 1.165) is 30.4 Å². The highest BCUT2D eigenvalue weighted by Gasteiger charge is 2.20. The molecule has 0 radical (unpaired) electrons. The van der Waals surface area contributed by atoms with Crippen molar-refractivity contribution in [2.75, 3.05) is 43.0 Å². The van der Waals surface area contributed by atoms with Crippen LogP contribution in [0.4, 0.5) is 15.8 Å². The molecule has 7 nitrogen and oxygen atoms in total. The maximum absolute atomic E-state index is 13.9. The minimum atomic E-state index is -4.01. The molecule has 1 amide bonds. The number of ether oxygens (including phenoxy) is 1. The van der Waals surface area contributed by atoms with Crippen molar-refractivity contribution in [1.82, 2.24) is 4.90 Å². The summed E-state index contributed by atoms with van der Waals surface area (Å²) in [6.07, 6.45) is 0. The van der Waals surface area contributed by atoms with Crippen LogP contribution in [-0.2, 0) is 21.3 Å². The quantitative estimate of drug-likeness (QED) is 0.533. The van der Waals surface area contributed by atoms with Crippen molar-refractivity contribution in [1.29, 1.82) is 0 Å². The lowest BCUT2D eigenvalue weighted by molar-refractivity contribution is 0.0785. The zero-order valence-corrected chi connectivity index (χ0v) is 20.5. The smallest absolute Gasteiger partial charge is 0.261 e. The number of para-hydroxylation sites is 1. The Labute approximate surface area is 205 Å². The number of carbonyl (C=O) groups is 1. The van der Waals surface area contributed by atoms with Crippen LogP contribution in [0.25, 0.3) is 0 Å². The van der Waals surface area contributed by atoms with Gasteiger partial charge in [0.05, 0.1) is 18.1 Å². The number of hydrogen-bond donors (Lipinski definition) is 1. The first kappa shape index (κ1) is 24.7. The van der Waals surface area contributed by atoms with Gasteiger partial charge >= 0.3 is 0 Å². The predicted octanol–water partition coefficient (Wildman–Crippen LogP) is 4.04. The van der Waals surface area contributed by atoms with Crippen molar-refractivity contribution in [3.8, 4) is 0 Å². The van der Waals surface area contributed by atoms with Crippen LogP contribution in [0.5, 0.6) is 0 Å². The lowest BCUT2D eigenvalue weighted by atomic mass is 10.1. The number of halogens is 1. The molecule has 35 heavy (non-hydrogen) atoms. The third kappa shape index (κ3) is 5.80. The van der Waals surface area contributed by atoms with E-state index >= 15 is 0 Å². The summed E-state index contributed by atoms with van der Waals surface area (Å²) < 4.78 is 47.2. The Bertz CT molecular complexity index is 1320. The summed E-state index contributed by atoms with van der Waals surface area (Å²) in [5, 5.41) is 0. The van der Waals surface area contributed by atoms with E-state index in [-0.39, 0.29) is 16.5 Å². The zero-order chi connectivity index (χ0) is 25.0. The number of morpholine rings is 1. The average molecular weight is 498 g/mol. The lowest BCUT2D eigenvalue weighted by Crippen LogP contribution is -2.37. The van der Waals surface area contributed by atoms with Gasteiger partial charge in [0, 0.05) is 43.6 Å². The molecule has 1 N–H and O–H groups in total. The van der Waals surface area contributed by atoms with Crippen LogP contribution >= 0.6 is 0 Å². The van der Waals surface area contributed by atoms with E-state index in [1.165, 1.54) is 18.2 Å². The van der Waals surface area contributed by atoms with Crippen molar-refractivity contribution >= 4 is 27.3 Å². The topological polar surface area (TPSA) is 79.0 Å². The number of carbonyl (C=O) groups excluding carboxylic acids is 1. The molecule has 1 aliphatic heterocycles. The molecule has 184 valence electrons. The van der Waals surface area contributed by atoms with Crippen LogP contribution in [0, 0.1) is 12.7 Å². The predicted molar refractivity (Wildman–Crippen MR) is 134 cm³/mol. The van der Waals surface area contributed by atoms with E-state index in [9.17, 15) is 17.6 Å². The number of hydrogen-bond acceptors (Lipinski definition) is 5. The van der Waals surface area contributed by atoms with E-state index < -0.39 is 15.8 Å². The zero-order valence-electron chi connectivity index (χ0n) is 19.7. The second kappa shape index (κ2) is 10.5. The van der Waals surface area contributed by atoms with Gasteiger partial charge in [0.1, 0.15) is 5.82 Å². The fourth-order valence-electron chi connectivity index (χ4n) is 3.98. The van der Waals surface area contributed by atoms with Crippen LogP contribution < -0.4 is 9.62 Å². The van der Waals surface area contributed by atoms with E-state index in [4.69, 9.17) is 4.74 Å². The third-order valence-corrected chi connectivity index (χ3v) is 7.29. The summed E-state index contributed by atoms with van der Waals surface area (Å²) in [5.41, 5.74) is 3.01. The molecule has 0 spiro atoms. The van der Waals surface area contributed by atoms with E-state index in [2.05, 4.69) is 9.62 Å². The third-order valence-electron chi connectivity index (χ3n) is 5.91. The van der Waals surface area contributed by atoms with Gasteiger partial charge in [-0.05, 0) is 54.4 Å². The molecule has 0 atom stereocenters. The van der Waals surface area contributed by atoms with Gasteiger partial charge in [0.2, 0.25) is 0 Å².